The van der Waals surface area contributed by atoms with Crippen LogP contribution in [0.4, 0.5) is 0 Å². The van der Waals surface area contributed by atoms with Gasteiger partial charge in [-0.3, -0.25) is 86.3 Å². The van der Waals surface area contributed by atoms with Gasteiger partial charge in [-0.2, -0.15) is 0 Å². The molecule has 0 unspecified atom stereocenters. The lowest BCUT2D eigenvalue weighted by atomic mass is 9.93. The molecule has 6 heterocycles. The number of hydrogen-bond acceptors (Lipinski definition) is 24. The summed E-state index contributed by atoms with van der Waals surface area (Å²) < 4.78 is 0. The molecule has 44 heteroatoms. The number of aromatic amines is 3. The first kappa shape index (κ1) is 101. The van der Waals surface area contributed by atoms with E-state index < -0.39 is 254 Å². The molecular formula is C87H116N20O23S. The number of carbonyl (C=O) groups is 18. The van der Waals surface area contributed by atoms with E-state index in [9.17, 15) is 78.3 Å². The van der Waals surface area contributed by atoms with Crippen LogP contribution >= 0.6 is 11.8 Å². The number of thioether (sulfide) groups is 1. The van der Waals surface area contributed by atoms with Crippen LogP contribution in [0.5, 0.6) is 5.75 Å². The van der Waals surface area contributed by atoms with Crippen molar-refractivity contribution in [2.24, 2.45) is 23.3 Å². The van der Waals surface area contributed by atoms with E-state index >= 15 is 33.6 Å². The van der Waals surface area contributed by atoms with Crippen LogP contribution in [-0.4, -0.2) is 326 Å². The number of aliphatic hydroxyl groups excluding tert-OH is 2. The number of unbranched alkanes of at least 4 members (excludes halogenated alkanes) is 1. The number of likely N-dealkylation sites (N-methyl/N-ethyl adjacent to an activating group) is 3. The van der Waals surface area contributed by atoms with E-state index in [0.717, 1.165) is 38.5 Å². The first-order valence-electron chi connectivity index (χ1n) is 43.0. The number of nitrogens with zero attached hydrogens (tertiary/aromatic N) is 6. The summed E-state index contributed by atoms with van der Waals surface area (Å²) in [4.78, 5) is 278. The Bertz CT molecular complexity index is 5140. The minimum Gasteiger partial charge on any atom is -0.508 e. The standard InChI is InChI=1S/C87H116N20O23S/c1-45(2)27-61-86(129)107-40-54(110)33-69(107)82(125)97-59(29-49-36-91-57-17-10-8-15-55(49)57)70(111)31-51(41-108)77(120)100-63(30-50-37-92-58-18-11-9-16-56(50)58)84(127)104(6)67(19-12-13-25-88)87(130)105(7)68(35-74(116)117)81(124)95-46(3)75(118)102-65(78(121)93-39-71(89)112)42-131-43-72(113)96-62(28-48-21-23-53(109)24-22-48)83(126)103(5)47(4)76(119)99-64(34-73(114)115)85(128)106-26-14-20-66(106)80(123)98-60(79(122)101-61)32-52-38-90-44-94-52/h8-11,15-18,21-24,36-38,44-47,51,54,59-69,91-92,108-110H,12-14,19-20,25-35,39-43,88H2,1-7H3,(H2,89,112)(H,90,94)(H,93,121)(H,95,124)(H,96,113)(H,97,125)(H,98,123)(H,99,119)(H,100,120)(H,101,122)(H,102,118)(H,114,115)(H,116,117)/t46-,47-,51-,54+,59-,60-,61-,62-,63-,64-,65-,66-,67-,68-,69-/m0/s1. The van der Waals surface area contributed by atoms with Gasteiger partial charge in [-0.25, -0.2) is 4.98 Å². The molecule has 15 amide bonds. The maximum absolute atomic E-state index is 15.6. The number of H-pyrrole nitrogens is 3. The van der Waals surface area contributed by atoms with Crippen molar-refractivity contribution >= 4 is 140 Å². The van der Waals surface area contributed by atoms with E-state index in [1.54, 1.807) is 74.8 Å². The number of benzene rings is 3. The maximum atomic E-state index is 15.6. The fourth-order valence-electron chi connectivity index (χ4n) is 16.1. The Morgan fingerprint density at radius 2 is 1.17 bits per heavy atom. The van der Waals surface area contributed by atoms with Crippen molar-refractivity contribution in [2.75, 3.05) is 65.4 Å². The number of amides is 15. The number of aliphatic hydroxyl groups is 2. The van der Waals surface area contributed by atoms with Gasteiger partial charge in [0, 0.05) is 119 Å². The molecule has 0 bridgehead atoms. The number of carboxylic acids is 2. The van der Waals surface area contributed by atoms with Gasteiger partial charge in [0.2, 0.25) is 88.6 Å². The summed E-state index contributed by atoms with van der Waals surface area (Å²) in [5.41, 5.74) is 14.0. The minimum atomic E-state index is -1.97. The molecule has 21 N–H and O–H groups in total. The molecule has 131 heavy (non-hydrogen) atoms. The van der Waals surface area contributed by atoms with Crippen molar-refractivity contribution in [1.82, 2.24) is 92.3 Å². The number of phenols is 1. The molecule has 3 saturated heterocycles. The van der Waals surface area contributed by atoms with Crippen LogP contribution in [0.25, 0.3) is 21.8 Å². The second kappa shape index (κ2) is 47.3. The van der Waals surface area contributed by atoms with Crippen LogP contribution in [0, 0.1) is 11.8 Å². The zero-order valence-electron chi connectivity index (χ0n) is 73.7. The number of nitrogens with two attached hydrogens (primary N) is 2. The Morgan fingerprint density at radius 3 is 1.78 bits per heavy atom. The van der Waals surface area contributed by atoms with E-state index in [1.807, 2.05) is 0 Å². The molecule has 708 valence electrons. The van der Waals surface area contributed by atoms with Gasteiger partial charge in [0.05, 0.1) is 61.8 Å². The number of ketones is 1. The molecule has 3 aromatic heterocycles. The Kier molecular flexibility index (Phi) is 36.6. The van der Waals surface area contributed by atoms with Gasteiger partial charge in [-0.05, 0) is 106 Å². The number of aliphatic carboxylic acids is 2. The number of aromatic hydroxyl groups is 1. The van der Waals surface area contributed by atoms with Crippen LogP contribution in [0.1, 0.15) is 114 Å². The topological polar surface area (TPSA) is 645 Å². The second-order valence-corrected chi connectivity index (χ2v) is 34.5. The summed E-state index contributed by atoms with van der Waals surface area (Å²) in [7, 11) is 3.47. The highest BCUT2D eigenvalue weighted by Gasteiger charge is 2.47. The molecule has 43 nitrogen and oxygen atoms in total. The average Bonchev–Trinajstić information content (AvgIpc) is 1.69. The summed E-state index contributed by atoms with van der Waals surface area (Å²) in [6.45, 7) is 3.47. The van der Waals surface area contributed by atoms with Crippen molar-refractivity contribution in [3.63, 3.8) is 0 Å². The Labute approximate surface area is 757 Å². The van der Waals surface area contributed by atoms with Gasteiger partial charge in [0.1, 0.15) is 78.3 Å². The zero-order valence-corrected chi connectivity index (χ0v) is 74.5. The molecule has 0 spiro atoms. The summed E-state index contributed by atoms with van der Waals surface area (Å²) >= 11 is 0.702. The third kappa shape index (κ3) is 27.6. The molecule has 0 aliphatic carbocycles. The van der Waals surface area contributed by atoms with Gasteiger partial charge in [0.25, 0.3) is 0 Å². The molecule has 3 fully saturated rings. The lowest BCUT2D eigenvalue weighted by molar-refractivity contribution is -0.151. The van der Waals surface area contributed by atoms with Gasteiger partial charge in [0.15, 0.2) is 5.78 Å². The largest absolute Gasteiger partial charge is 0.508 e. The molecule has 15 atom stereocenters. The molecule has 6 aromatic rings. The molecule has 3 aliphatic rings. The third-order valence-corrected chi connectivity index (χ3v) is 24.4. The quantitative estimate of drug-likeness (QED) is 0.0297. The number of phenolic OH excluding ortho intramolecular Hbond substituents is 1. The maximum Gasteiger partial charge on any atom is 0.305 e. The average molecular weight is 1840 g/mol. The van der Waals surface area contributed by atoms with E-state index in [1.165, 1.54) is 57.8 Å². The Morgan fingerprint density at radius 1 is 0.588 bits per heavy atom. The normalized spacial score (nSPS) is 25.2. The molecule has 0 radical (unpaired) electrons. The van der Waals surface area contributed by atoms with E-state index in [2.05, 4.69) is 67.8 Å². The summed E-state index contributed by atoms with van der Waals surface area (Å²) in [6, 6.07) is -1.92. The molecule has 9 rings (SSSR count). The Hall–Kier alpha value is -13.4. The highest BCUT2D eigenvalue weighted by Crippen LogP contribution is 2.29. The number of rotatable bonds is 22. The lowest BCUT2D eigenvalue weighted by Crippen LogP contribution is -2.60. The third-order valence-electron chi connectivity index (χ3n) is 23.4. The van der Waals surface area contributed by atoms with Crippen molar-refractivity contribution in [3.8, 4) is 5.75 Å². The fourth-order valence-corrected chi connectivity index (χ4v) is 16.9. The van der Waals surface area contributed by atoms with E-state index in [0.29, 0.717) is 50.3 Å². The molecule has 0 saturated carbocycles. The first-order chi connectivity index (χ1) is 62.2. The number of primary amides is 1. The van der Waals surface area contributed by atoms with Crippen molar-refractivity contribution in [1.29, 1.82) is 0 Å². The van der Waals surface area contributed by atoms with Gasteiger partial charge >= 0.3 is 11.9 Å². The van der Waals surface area contributed by atoms with Crippen LogP contribution in [0.15, 0.2) is 97.7 Å². The van der Waals surface area contributed by atoms with Crippen LogP contribution in [-0.2, 0) is 112 Å². The van der Waals surface area contributed by atoms with Crippen molar-refractivity contribution < 1.29 is 112 Å². The summed E-state index contributed by atoms with van der Waals surface area (Å²) in [6.07, 6.45) is 0.0644. The number of nitrogens with one attached hydrogen (secondary N) is 12. The minimum absolute atomic E-state index is 0.0557. The number of para-hydroxylation sites is 2. The highest BCUT2D eigenvalue weighted by molar-refractivity contribution is 8.00. The van der Waals surface area contributed by atoms with Crippen molar-refractivity contribution in [3.05, 3.63) is 120 Å². The number of fused-ring (bicyclic) bond motifs is 4. The van der Waals surface area contributed by atoms with Crippen molar-refractivity contribution in [2.45, 2.75) is 202 Å². The highest BCUT2D eigenvalue weighted by atomic mass is 32.2. The SMILES string of the molecule is CC(C)C[C@@H]1NC(=O)[C@H](Cc2c[nH]cn2)NC(=O)[C@@H]2CCCN2C(=O)[C@H](CC(=O)O)NC(=O)[C@H](C)N(C)C(=O)[C@H](Cc2ccc(O)cc2)NC(=O)CSC[C@@H](C(=O)NCC(N)=O)NC(=O)[C@H](C)NC(=O)[C@H](CC(=O)O)N(C)C(=O)[C@H](CCCCN)N(C)C(=O)[C@H](Cc2c[nH]c3ccccc23)NC(=O)[C@H](CO)CC(=O)[C@H](Cc2c[nH]c3ccccc23)NC(=O)[C@@H]2C[C@@H](O)CN2C1=O. The lowest BCUT2D eigenvalue weighted by Gasteiger charge is -2.36. The van der Waals surface area contributed by atoms with Gasteiger partial charge in [-0.1, -0.05) is 62.4 Å². The fraction of sp³-hybridized carbons (Fsp3) is 0.506. The molecule has 3 aliphatic heterocycles. The van der Waals surface area contributed by atoms with Crippen LogP contribution in [0.2, 0.25) is 0 Å². The zero-order chi connectivity index (χ0) is 95.8. The van der Waals surface area contributed by atoms with E-state index in [-0.39, 0.29) is 94.7 Å². The molecular weight excluding hydrogens is 1730 g/mol. The van der Waals surface area contributed by atoms with Gasteiger partial charge < -0.3 is 124 Å². The van der Waals surface area contributed by atoms with E-state index in [4.69, 9.17) is 11.5 Å². The predicted molar refractivity (Wildman–Crippen MR) is 472 cm³/mol. The van der Waals surface area contributed by atoms with Crippen LogP contribution in [0.3, 0.4) is 0 Å². The number of Topliss-reactive ketones (excluding diaryl/α,β-unsaturated/α-hetero) is 1. The number of imidazole rings is 1. The van der Waals surface area contributed by atoms with Crippen LogP contribution < -0.4 is 59.3 Å². The smallest absolute Gasteiger partial charge is 0.305 e. The number of carboxylic acid groups (broad SMARTS) is 2. The monoisotopic (exact) mass is 1840 g/mol. The predicted octanol–water partition coefficient (Wildman–Crippen LogP) is -3.26. The number of hydrogen-bond donors (Lipinski definition) is 19. The Balaban J connectivity index is 1.08. The molecule has 3 aromatic carbocycles. The summed E-state index contributed by atoms with van der Waals surface area (Å²) in [5, 5.41) is 77.6. The number of aromatic nitrogens is 4. The van der Waals surface area contributed by atoms with Gasteiger partial charge in [-0.15, -0.1) is 11.8 Å². The first-order valence-corrected chi connectivity index (χ1v) is 44.2. The number of carbonyl (C=O) groups excluding carboxylic acids is 16. The summed E-state index contributed by atoms with van der Waals surface area (Å²) in [5.74, 6) is -22.6. The second-order valence-electron chi connectivity index (χ2n) is 33.5.